The van der Waals surface area contributed by atoms with Crippen LogP contribution in [0.25, 0.3) is 0 Å². The maximum atomic E-state index is 9.94. The van der Waals surface area contributed by atoms with Crippen LogP contribution in [0.1, 0.15) is 41.0 Å². The lowest BCUT2D eigenvalue weighted by atomic mass is 9.72. The van der Waals surface area contributed by atoms with E-state index in [0.717, 1.165) is 6.42 Å². The van der Waals surface area contributed by atoms with Crippen molar-refractivity contribution >= 4 is 0 Å². The maximum Gasteiger partial charge on any atom is 0.0600 e. The SMILES string of the molecule is CC1C(O)CC(C)(C)N(C)C1(C)C. The highest BCUT2D eigenvalue weighted by molar-refractivity contribution is 5.02. The summed E-state index contributed by atoms with van der Waals surface area (Å²) in [6.45, 7) is 11.0. The van der Waals surface area contributed by atoms with Gasteiger partial charge in [-0.1, -0.05) is 6.92 Å². The van der Waals surface area contributed by atoms with E-state index in [0.29, 0.717) is 5.92 Å². The third-order valence-corrected chi connectivity index (χ3v) is 4.17. The van der Waals surface area contributed by atoms with E-state index < -0.39 is 0 Å². The predicted octanol–water partition coefficient (Wildman–Crippen LogP) is 1.88. The Kier molecular flexibility index (Phi) is 2.50. The summed E-state index contributed by atoms with van der Waals surface area (Å²) in [6, 6.07) is 0. The minimum absolute atomic E-state index is 0.0845. The predicted molar refractivity (Wildman–Crippen MR) is 55.7 cm³/mol. The van der Waals surface area contributed by atoms with Gasteiger partial charge in [-0.2, -0.15) is 0 Å². The zero-order valence-electron chi connectivity index (χ0n) is 9.76. The summed E-state index contributed by atoms with van der Waals surface area (Å²) >= 11 is 0. The Hall–Kier alpha value is -0.0800. The molecular weight excluding hydrogens is 162 g/mol. The summed E-state index contributed by atoms with van der Waals surface area (Å²) in [5.41, 5.74) is 0.191. The molecule has 1 aliphatic rings. The van der Waals surface area contributed by atoms with E-state index in [2.05, 4.69) is 46.6 Å². The largest absolute Gasteiger partial charge is 0.393 e. The third-order valence-electron chi connectivity index (χ3n) is 4.17. The molecule has 78 valence electrons. The number of hydrogen-bond acceptors (Lipinski definition) is 2. The van der Waals surface area contributed by atoms with Gasteiger partial charge in [0.2, 0.25) is 0 Å². The summed E-state index contributed by atoms with van der Waals surface area (Å²) in [5, 5.41) is 9.94. The van der Waals surface area contributed by atoms with Crippen LogP contribution in [-0.4, -0.2) is 34.2 Å². The molecule has 0 amide bonds. The van der Waals surface area contributed by atoms with Crippen molar-refractivity contribution in [1.82, 2.24) is 4.90 Å². The van der Waals surface area contributed by atoms with Gasteiger partial charge in [0.15, 0.2) is 0 Å². The number of aliphatic hydroxyl groups is 1. The molecule has 1 heterocycles. The zero-order chi connectivity index (χ0) is 10.4. The summed E-state index contributed by atoms with van der Waals surface area (Å²) in [7, 11) is 2.16. The van der Waals surface area contributed by atoms with Crippen LogP contribution in [0, 0.1) is 5.92 Å². The van der Waals surface area contributed by atoms with E-state index in [1.54, 1.807) is 0 Å². The van der Waals surface area contributed by atoms with Crippen LogP contribution < -0.4 is 0 Å². The van der Waals surface area contributed by atoms with Gasteiger partial charge in [-0.3, -0.25) is 4.90 Å². The van der Waals surface area contributed by atoms with Gasteiger partial charge in [0.05, 0.1) is 6.10 Å². The lowest BCUT2D eigenvalue weighted by Crippen LogP contribution is -2.64. The van der Waals surface area contributed by atoms with Gasteiger partial charge in [-0.05, 0) is 47.1 Å². The third kappa shape index (κ3) is 1.62. The molecule has 0 aromatic heterocycles. The van der Waals surface area contributed by atoms with Crippen molar-refractivity contribution < 1.29 is 5.11 Å². The number of hydrogen-bond donors (Lipinski definition) is 1. The average Bonchev–Trinajstić information content (AvgIpc) is 1.98. The van der Waals surface area contributed by atoms with E-state index in [-0.39, 0.29) is 17.2 Å². The fraction of sp³-hybridized carbons (Fsp3) is 1.00. The van der Waals surface area contributed by atoms with Crippen LogP contribution in [0.4, 0.5) is 0 Å². The second-order valence-electron chi connectivity index (χ2n) is 5.59. The minimum Gasteiger partial charge on any atom is -0.393 e. The first-order valence-corrected chi connectivity index (χ1v) is 5.11. The van der Waals surface area contributed by atoms with Crippen LogP contribution >= 0.6 is 0 Å². The highest BCUT2D eigenvalue weighted by Gasteiger charge is 2.47. The normalized spacial score (nSPS) is 39.0. The van der Waals surface area contributed by atoms with Gasteiger partial charge in [-0.15, -0.1) is 0 Å². The van der Waals surface area contributed by atoms with Crippen LogP contribution in [0.15, 0.2) is 0 Å². The molecule has 0 aromatic rings. The van der Waals surface area contributed by atoms with E-state index in [4.69, 9.17) is 0 Å². The molecule has 0 aliphatic carbocycles. The van der Waals surface area contributed by atoms with Gasteiger partial charge < -0.3 is 5.11 Å². The molecule has 1 N–H and O–H groups in total. The van der Waals surface area contributed by atoms with Crippen LogP contribution in [0.3, 0.4) is 0 Å². The standard InChI is InChI=1S/C11H23NO/c1-8-9(13)7-10(2,3)12(6)11(8,4)5/h8-9,13H,7H2,1-6H3. The molecule has 0 bridgehead atoms. The molecule has 0 saturated carbocycles. The summed E-state index contributed by atoms with van der Waals surface area (Å²) in [4.78, 5) is 2.39. The second-order valence-corrected chi connectivity index (χ2v) is 5.59. The highest BCUT2D eigenvalue weighted by atomic mass is 16.3. The number of rotatable bonds is 0. The fourth-order valence-corrected chi connectivity index (χ4v) is 2.38. The Morgan fingerprint density at radius 2 is 1.69 bits per heavy atom. The molecule has 1 aliphatic heterocycles. The summed E-state index contributed by atoms with van der Waals surface area (Å²) in [5.74, 6) is 0.338. The second kappa shape index (κ2) is 2.96. The number of nitrogens with zero attached hydrogens (tertiary/aromatic N) is 1. The van der Waals surface area contributed by atoms with Crippen molar-refractivity contribution in [3.63, 3.8) is 0 Å². The van der Waals surface area contributed by atoms with Crippen molar-refractivity contribution in [2.45, 2.75) is 58.2 Å². The van der Waals surface area contributed by atoms with E-state index in [1.165, 1.54) is 0 Å². The first-order chi connectivity index (χ1) is 5.69. The van der Waals surface area contributed by atoms with Gasteiger partial charge in [0, 0.05) is 11.1 Å². The molecule has 2 nitrogen and oxygen atoms in total. The smallest absolute Gasteiger partial charge is 0.0600 e. The van der Waals surface area contributed by atoms with E-state index in [1.807, 2.05) is 0 Å². The molecule has 0 radical (unpaired) electrons. The van der Waals surface area contributed by atoms with Gasteiger partial charge in [0.25, 0.3) is 0 Å². The molecule has 0 spiro atoms. The Labute approximate surface area is 81.9 Å². The van der Waals surface area contributed by atoms with E-state index >= 15 is 0 Å². The average molecular weight is 185 g/mol. The lowest BCUT2D eigenvalue weighted by molar-refractivity contribution is -0.105. The first kappa shape index (κ1) is 11.0. The molecule has 13 heavy (non-hydrogen) atoms. The van der Waals surface area contributed by atoms with Crippen LogP contribution in [-0.2, 0) is 0 Å². The molecule has 2 unspecified atom stereocenters. The minimum atomic E-state index is -0.166. The summed E-state index contributed by atoms with van der Waals surface area (Å²) < 4.78 is 0. The molecule has 1 rings (SSSR count). The molecule has 1 saturated heterocycles. The molecular formula is C11H23NO. The van der Waals surface area contributed by atoms with Crippen molar-refractivity contribution in [2.75, 3.05) is 7.05 Å². The lowest BCUT2D eigenvalue weighted by Gasteiger charge is -2.56. The van der Waals surface area contributed by atoms with Crippen LogP contribution in [0.2, 0.25) is 0 Å². The maximum absolute atomic E-state index is 9.94. The van der Waals surface area contributed by atoms with Crippen molar-refractivity contribution in [2.24, 2.45) is 5.92 Å². The number of aliphatic hydroxyl groups excluding tert-OH is 1. The fourth-order valence-electron chi connectivity index (χ4n) is 2.38. The Balaban J connectivity index is 2.96. The van der Waals surface area contributed by atoms with Crippen LogP contribution in [0.5, 0.6) is 0 Å². The molecule has 2 heteroatoms. The van der Waals surface area contributed by atoms with Gasteiger partial charge in [-0.25, -0.2) is 0 Å². The Morgan fingerprint density at radius 1 is 1.23 bits per heavy atom. The molecule has 1 fully saturated rings. The Morgan fingerprint density at radius 3 is 2.15 bits per heavy atom. The van der Waals surface area contributed by atoms with E-state index in [9.17, 15) is 5.11 Å². The van der Waals surface area contributed by atoms with Gasteiger partial charge >= 0.3 is 0 Å². The Bertz CT molecular complexity index is 198. The van der Waals surface area contributed by atoms with Crippen molar-refractivity contribution in [3.05, 3.63) is 0 Å². The zero-order valence-corrected chi connectivity index (χ0v) is 9.76. The summed E-state index contributed by atoms with van der Waals surface area (Å²) in [6.07, 6.45) is 0.704. The number of likely N-dealkylation sites (tertiary alicyclic amines) is 1. The quantitative estimate of drug-likeness (QED) is 0.623. The van der Waals surface area contributed by atoms with Gasteiger partial charge in [0.1, 0.15) is 0 Å². The van der Waals surface area contributed by atoms with Crippen molar-refractivity contribution in [1.29, 1.82) is 0 Å². The first-order valence-electron chi connectivity index (χ1n) is 5.11. The topological polar surface area (TPSA) is 23.5 Å². The monoisotopic (exact) mass is 185 g/mol. The number of piperidine rings is 1. The van der Waals surface area contributed by atoms with Crippen molar-refractivity contribution in [3.8, 4) is 0 Å². The molecule has 2 atom stereocenters. The molecule has 0 aromatic carbocycles. The highest BCUT2D eigenvalue weighted by Crippen LogP contribution is 2.40.